The zero-order chi connectivity index (χ0) is 12.4. The highest BCUT2D eigenvalue weighted by molar-refractivity contribution is 4.91. The molecule has 2 aliphatic heterocycles. The van der Waals surface area contributed by atoms with Crippen molar-refractivity contribution in [2.75, 3.05) is 26.2 Å². The summed E-state index contributed by atoms with van der Waals surface area (Å²) in [6.45, 7) is 6.84. The smallest absolute Gasteiger partial charge is 0.0703 e. The molecule has 3 aliphatic rings. The molecule has 1 aliphatic carbocycles. The molecule has 1 saturated carbocycles. The van der Waals surface area contributed by atoms with Gasteiger partial charge in [0, 0.05) is 38.3 Å². The van der Waals surface area contributed by atoms with Gasteiger partial charge < -0.3 is 10.1 Å². The molecule has 0 spiro atoms. The number of nitrogens with one attached hydrogen (secondary N) is 1. The maximum Gasteiger partial charge on any atom is 0.0703 e. The first-order valence-corrected chi connectivity index (χ1v) is 7.93. The van der Waals surface area contributed by atoms with E-state index in [0.29, 0.717) is 12.1 Å². The lowest BCUT2D eigenvalue weighted by Gasteiger charge is -2.42. The first-order chi connectivity index (χ1) is 8.84. The zero-order valence-corrected chi connectivity index (χ0v) is 11.7. The molecule has 0 aromatic heterocycles. The number of nitrogens with zero attached hydrogens (tertiary/aromatic N) is 1. The standard InChI is InChI=1S/C15H28N2O/c1-12-15(7-10-18-12)17-9-8-16-14(11-17)13-5-3-2-4-6-13/h12-16H,2-11H2,1H3. The van der Waals surface area contributed by atoms with Crippen molar-refractivity contribution in [3.8, 4) is 0 Å². The van der Waals surface area contributed by atoms with E-state index in [1.165, 1.54) is 58.2 Å². The molecule has 3 rings (SSSR count). The van der Waals surface area contributed by atoms with Gasteiger partial charge >= 0.3 is 0 Å². The zero-order valence-electron chi connectivity index (χ0n) is 11.7. The van der Waals surface area contributed by atoms with Gasteiger partial charge in [-0.2, -0.15) is 0 Å². The fraction of sp³-hybridized carbons (Fsp3) is 1.00. The van der Waals surface area contributed by atoms with Gasteiger partial charge in [0.2, 0.25) is 0 Å². The SMILES string of the molecule is CC1OCCC1N1CCNC(C2CCCCC2)C1. The molecule has 3 fully saturated rings. The second kappa shape index (κ2) is 5.89. The van der Waals surface area contributed by atoms with Crippen LogP contribution in [0.1, 0.15) is 45.4 Å². The lowest BCUT2D eigenvalue weighted by atomic mass is 9.83. The lowest BCUT2D eigenvalue weighted by molar-refractivity contribution is 0.0506. The minimum absolute atomic E-state index is 0.440. The van der Waals surface area contributed by atoms with E-state index in [1.54, 1.807) is 0 Å². The number of piperazine rings is 1. The Kier molecular flexibility index (Phi) is 4.22. The summed E-state index contributed by atoms with van der Waals surface area (Å²) in [6, 6.07) is 1.42. The Bertz CT molecular complexity index is 265. The van der Waals surface area contributed by atoms with Crippen molar-refractivity contribution < 1.29 is 4.74 Å². The van der Waals surface area contributed by atoms with Crippen molar-refractivity contribution in [1.82, 2.24) is 10.2 Å². The van der Waals surface area contributed by atoms with E-state index in [9.17, 15) is 0 Å². The molecule has 0 aromatic carbocycles. The van der Waals surface area contributed by atoms with Crippen LogP contribution in [0.15, 0.2) is 0 Å². The monoisotopic (exact) mass is 252 g/mol. The molecule has 2 saturated heterocycles. The van der Waals surface area contributed by atoms with Gasteiger partial charge in [-0.3, -0.25) is 4.90 Å². The van der Waals surface area contributed by atoms with Gasteiger partial charge in [0.15, 0.2) is 0 Å². The minimum atomic E-state index is 0.440. The highest BCUT2D eigenvalue weighted by Gasteiger charge is 2.35. The van der Waals surface area contributed by atoms with Crippen LogP contribution in [0, 0.1) is 5.92 Å². The highest BCUT2D eigenvalue weighted by Crippen LogP contribution is 2.29. The summed E-state index contributed by atoms with van der Waals surface area (Å²) in [5.74, 6) is 0.930. The Balaban J connectivity index is 1.57. The largest absolute Gasteiger partial charge is 0.377 e. The maximum atomic E-state index is 5.74. The molecule has 0 radical (unpaired) electrons. The summed E-state index contributed by atoms with van der Waals surface area (Å²) in [6.07, 6.45) is 8.93. The average Bonchev–Trinajstić information content (AvgIpc) is 2.86. The highest BCUT2D eigenvalue weighted by atomic mass is 16.5. The van der Waals surface area contributed by atoms with Gasteiger partial charge in [-0.25, -0.2) is 0 Å². The van der Waals surface area contributed by atoms with Gasteiger partial charge in [-0.05, 0) is 32.1 Å². The number of rotatable bonds is 2. The van der Waals surface area contributed by atoms with Crippen LogP contribution in [0.25, 0.3) is 0 Å². The van der Waals surface area contributed by atoms with Crippen molar-refractivity contribution in [2.24, 2.45) is 5.92 Å². The first-order valence-electron chi connectivity index (χ1n) is 7.93. The summed E-state index contributed by atoms with van der Waals surface area (Å²) in [4.78, 5) is 2.70. The van der Waals surface area contributed by atoms with Gasteiger partial charge in [-0.1, -0.05) is 19.3 Å². The second-order valence-corrected chi connectivity index (χ2v) is 6.39. The van der Waals surface area contributed by atoms with Crippen LogP contribution in [-0.2, 0) is 4.74 Å². The molecular weight excluding hydrogens is 224 g/mol. The second-order valence-electron chi connectivity index (χ2n) is 6.39. The molecule has 0 bridgehead atoms. The van der Waals surface area contributed by atoms with E-state index in [1.807, 2.05) is 0 Å². The molecule has 0 amide bonds. The summed E-state index contributed by atoms with van der Waals surface area (Å²) in [7, 11) is 0. The van der Waals surface area contributed by atoms with Crippen LogP contribution in [0.3, 0.4) is 0 Å². The van der Waals surface area contributed by atoms with Crippen molar-refractivity contribution in [3.05, 3.63) is 0 Å². The van der Waals surface area contributed by atoms with Crippen molar-refractivity contribution in [2.45, 2.75) is 63.6 Å². The Morgan fingerprint density at radius 2 is 1.94 bits per heavy atom. The summed E-state index contributed by atoms with van der Waals surface area (Å²) in [5.41, 5.74) is 0. The molecule has 3 unspecified atom stereocenters. The molecule has 2 heterocycles. The number of hydrogen-bond acceptors (Lipinski definition) is 3. The van der Waals surface area contributed by atoms with Gasteiger partial charge in [-0.15, -0.1) is 0 Å². The van der Waals surface area contributed by atoms with Gasteiger partial charge in [0.05, 0.1) is 6.10 Å². The van der Waals surface area contributed by atoms with E-state index in [2.05, 4.69) is 17.1 Å². The Labute approximate surface area is 111 Å². The third-order valence-corrected chi connectivity index (χ3v) is 5.26. The van der Waals surface area contributed by atoms with Gasteiger partial charge in [0.1, 0.15) is 0 Å². The maximum absolute atomic E-state index is 5.74. The van der Waals surface area contributed by atoms with Crippen molar-refractivity contribution in [3.63, 3.8) is 0 Å². The third kappa shape index (κ3) is 2.73. The van der Waals surface area contributed by atoms with Crippen molar-refractivity contribution in [1.29, 1.82) is 0 Å². The first kappa shape index (κ1) is 12.9. The molecule has 18 heavy (non-hydrogen) atoms. The normalized spacial score (nSPS) is 40.2. The summed E-state index contributed by atoms with van der Waals surface area (Å²) >= 11 is 0. The minimum Gasteiger partial charge on any atom is -0.377 e. The topological polar surface area (TPSA) is 24.5 Å². The molecule has 3 nitrogen and oxygen atoms in total. The van der Waals surface area contributed by atoms with Gasteiger partial charge in [0.25, 0.3) is 0 Å². The number of hydrogen-bond donors (Lipinski definition) is 1. The van der Waals surface area contributed by atoms with Crippen LogP contribution in [-0.4, -0.2) is 49.3 Å². The van der Waals surface area contributed by atoms with E-state index < -0.39 is 0 Å². The lowest BCUT2D eigenvalue weighted by Crippen LogP contribution is -2.57. The number of ether oxygens (including phenoxy) is 1. The quantitative estimate of drug-likeness (QED) is 0.814. The molecule has 3 heteroatoms. The van der Waals surface area contributed by atoms with E-state index in [-0.39, 0.29) is 0 Å². The fourth-order valence-corrected chi connectivity index (χ4v) is 4.16. The van der Waals surface area contributed by atoms with Crippen LogP contribution < -0.4 is 5.32 Å². The molecule has 1 N–H and O–H groups in total. The third-order valence-electron chi connectivity index (χ3n) is 5.26. The predicted molar refractivity (Wildman–Crippen MR) is 73.8 cm³/mol. The van der Waals surface area contributed by atoms with Crippen LogP contribution in [0.2, 0.25) is 0 Å². The predicted octanol–water partition coefficient (Wildman–Crippen LogP) is 2.02. The Hall–Kier alpha value is -0.120. The van der Waals surface area contributed by atoms with Crippen LogP contribution in [0.4, 0.5) is 0 Å². The summed E-state index contributed by atoms with van der Waals surface area (Å²) < 4.78 is 5.74. The molecular formula is C15H28N2O. The van der Waals surface area contributed by atoms with E-state index in [0.717, 1.165) is 18.6 Å². The molecule has 3 atom stereocenters. The van der Waals surface area contributed by atoms with Crippen LogP contribution in [0.5, 0.6) is 0 Å². The molecule has 104 valence electrons. The Morgan fingerprint density at radius 3 is 2.67 bits per heavy atom. The van der Waals surface area contributed by atoms with E-state index in [4.69, 9.17) is 4.74 Å². The van der Waals surface area contributed by atoms with Crippen molar-refractivity contribution >= 4 is 0 Å². The Morgan fingerprint density at radius 1 is 1.11 bits per heavy atom. The summed E-state index contributed by atoms with van der Waals surface area (Å²) in [5, 5.41) is 3.77. The fourth-order valence-electron chi connectivity index (χ4n) is 4.16. The van der Waals surface area contributed by atoms with E-state index >= 15 is 0 Å². The molecule has 0 aromatic rings. The van der Waals surface area contributed by atoms with Crippen LogP contribution >= 0.6 is 0 Å². The average molecular weight is 252 g/mol.